The number of aliphatic carboxylic acids is 1. The van der Waals surface area contributed by atoms with Gasteiger partial charge in [0.25, 0.3) is 0 Å². The van der Waals surface area contributed by atoms with Gasteiger partial charge in [-0.15, -0.1) is 0 Å². The van der Waals surface area contributed by atoms with Gasteiger partial charge in [-0.2, -0.15) is 0 Å². The van der Waals surface area contributed by atoms with Gasteiger partial charge in [-0.3, -0.25) is 10.1 Å². The van der Waals surface area contributed by atoms with Crippen LogP contribution < -0.4 is 5.32 Å². The maximum atomic E-state index is 10.5. The van der Waals surface area contributed by atoms with Crippen molar-refractivity contribution in [1.82, 2.24) is 5.32 Å². The molecule has 0 aromatic carbocycles. The topological polar surface area (TPSA) is 58.6 Å². The predicted molar refractivity (Wildman–Crippen MR) is 50.8 cm³/mol. The van der Waals surface area contributed by atoms with Gasteiger partial charge in [0.15, 0.2) is 0 Å². The molecule has 0 radical (unpaired) electrons. The molecule has 0 heterocycles. The summed E-state index contributed by atoms with van der Waals surface area (Å²) in [5.41, 5.74) is 0. The number of hydrogen-bond donors (Lipinski definition) is 2. The summed E-state index contributed by atoms with van der Waals surface area (Å²) >= 11 is 0. The van der Waals surface area contributed by atoms with E-state index in [0.29, 0.717) is 6.61 Å². The monoisotopic (exact) mass is 189 g/mol. The molecule has 0 aromatic heterocycles. The van der Waals surface area contributed by atoms with E-state index in [0.717, 1.165) is 0 Å². The molecule has 0 fully saturated rings. The molecule has 0 unspecified atom stereocenters. The first-order valence-corrected chi connectivity index (χ1v) is 4.54. The van der Waals surface area contributed by atoms with Crippen LogP contribution in [0.2, 0.25) is 0 Å². The summed E-state index contributed by atoms with van der Waals surface area (Å²) in [6, 6.07) is -0.459. The number of hydrogen-bond acceptors (Lipinski definition) is 3. The summed E-state index contributed by atoms with van der Waals surface area (Å²) < 4.78 is 5.33. The van der Waals surface area contributed by atoms with E-state index in [4.69, 9.17) is 9.84 Å². The Morgan fingerprint density at radius 2 is 1.92 bits per heavy atom. The molecule has 0 bridgehead atoms. The second-order valence-corrected chi connectivity index (χ2v) is 3.51. The van der Waals surface area contributed by atoms with Crippen LogP contribution in [-0.2, 0) is 9.53 Å². The number of rotatable bonds is 6. The minimum Gasteiger partial charge on any atom is -0.480 e. The fourth-order valence-electron chi connectivity index (χ4n) is 0.883. The van der Waals surface area contributed by atoms with Crippen LogP contribution in [0.5, 0.6) is 0 Å². The van der Waals surface area contributed by atoms with E-state index in [2.05, 4.69) is 5.32 Å². The number of carboxylic acid groups (broad SMARTS) is 1. The summed E-state index contributed by atoms with van der Waals surface area (Å²) in [5.74, 6) is -0.837. The molecule has 0 amide bonds. The van der Waals surface area contributed by atoms with Gasteiger partial charge in [-0.1, -0.05) is 0 Å². The molecule has 0 saturated heterocycles. The van der Waals surface area contributed by atoms with Crippen LogP contribution in [0, 0.1) is 0 Å². The van der Waals surface area contributed by atoms with Crippen molar-refractivity contribution in [3.63, 3.8) is 0 Å². The highest BCUT2D eigenvalue weighted by Crippen LogP contribution is 1.93. The lowest BCUT2D eigenvalue weighted by molar-refractivity contribution is -0.139. The first-order chi connectivity index (χ1) is 5.93. The minimum absolute atomic E-state index is 0.0634. The van der Waals surface area contributed by atoms with Crippen molar-refractivity contribution in [3.8, 4) is 0 Å². The van der Waals surface area contributed by atoms with Crippen LogP contribution >= 0.6 is 0 Å². The van der Waals surface area contributed by atoms with Crippen LogP contribution in [-0.4, -0.2) is 35.9 Å². The number of carboxylic acids is 1. The van der Waals surface area contributed by atoms with E-state index < -0.39 is 12.0 Å². The van der Waals surface area contributed by atoms with Crippen molar-refractivity contribution in [3.05, 3.63) is 0 Å². The summed E-state index contributed by atoms with van der Waals surface area (Å²) in [4.78, 5) is 10.5. The zero-order valence-corrected chi connectivity index (χ0v) is 8.70. The largest absolute Gasteiger partial charge is 0.480 e. The van der Waals surface area contributed by atoms with Gasteiger partial charge in [-0.25, -0.2) is 0 Å². The average Bonchev–Trinajstić information content (AvgIpc) is 2.00. The summed E-state index contributed by atoms with van der Waals surface area (Å²) in [6.45, 7) is 7.96. The zero-order chi connectivity index (χ0) is 10.4. The molecule has 0 aliphatic carbocycles. The van der Waals surface area contributed by atoms with Crippen LogP contribution in [0.4, 0.5) is 0 Å². The summed E-state index contributed by atoms with van der Waals surface area (Å²) in [5, 5.41) is 11.5. The molecule has 0 aromatic rings. The molecule has 0 spiro atoms. The number of carbonyl (C=O) groups is 1. The third-order valence-electron chi connectivity index (χ3n) is 1.58. The third kappa shape index (κ3) is 6.54. The zero-order valence-electron chi connectivity index (χ0n) is 8.70. The average molecular weight is 189 g/mol. The van der Waals surface area contributed by atoms with E-state index in [1.165, 1.54) is 0 Å². The standard InChI is InChI=1S/C9H19NO3/c1-6(2)13-5-7(3)10-8(4)9(11)12/h6-8,10H,5H2,1-4H3,(H,11,12)/t7-,8+/m1/s1. The Morgan fingerprint density at radius 3 is 2.31 bits per heavy atom. The van der Waals surface area contributed by atoms with Gasteiger partial charge in [0.2, 0.25) is 0 Å². The third-order valence-corrected chi connectivity index (χ3v) is 1.58. The van der Waals surface area contributed by atoms with Gasteiger partial charge in [0.05, 0.1) is 12.7 Å². The lowest BCUT2D eigenvalue weighted by Crippen LogP contribution is -2.42. The molecule has 78 valence electrons. The molecular weight excluding hydrogens is 170 g/mol. The molecular formula is C9H19NO3. The Hall–Kier alpha value is -0.610. The van der Waals surface area contributed by atoms with E-state index in [1.54, 1.807) is 6.92 Å². The molecule has 2 N–H and O–H groups in total. The summed E-state index contributed by atoms with van der Waals surface area (Å²) in [6.07, 6.45) is 0.185. The predicted octanol–water partition coefficient (Wildman–Crippen LogP) is 0.863. The molecule has 2 atom stereocenters. The first kappa shape index (κ1) is 12.4. The van der Waals surface area contributed by atoms with Crippen molar-refractivity contribution in [2.45, 2.75) is 45.9 Å². The van der Waals surface area contributed by atoms with E-state index in [9.17, 15) is 4.79 Å². The summed E-state index contributed by atoms with van der Waals surface area (Å²) in [7, 11) is 0. The fraction of sp³-hybridized carbons (Fsp3) is 0.889. The van der Waals surface area contributed by atoms with Crippen molar-refractivity contribution >= 4 is 5.97 Å². The molecule has 0 saturated carbocycles. The lowest BCUT2D eigenvalue weighted by Gasteiger charge is -2.18. The Kier molecular flexibility index (Phi) is 5.66. The quantitative estimate of drug-likeness (QED) is 0.650. The highest BCUT2D eigenvalue weighted by Gasteiger charge is 2.13. The molecule has 13 heavy (non-hydrogen) atoms. The van der Waals surface area contributed by atoms with Crippen molar-refractivity contribution in [2.24, 2.45) is 0 Å². The molecule has 0 rings (SSSR count). The van der Waals surface area contributed by atoms with Gasteiger partial charge >= 0.3 is 5.97 Å². The van der Waals surface area contributed by atoms with Crippen LogP contribution in [0.3, 0.4) is 0 Å². The van der Waals surface area contributed by atoms with Gasteiger partial charge < -0.3 is 9.84 Å². The Morgan fingerprint density at radius 1 is 1.38 bits per heavy atom. The van der Waals surface area contributed by atoms with E-state index in [1.807, 2.05) is 20.8 Å². The first-order valence-electron chi connectivity index (χ1n) is 4.54. The molecule has 4 nitrogen and oxygen atoms in total. The SMILES string of the molecule is CC(C)OC[C@@H](C)N[C@@H](C)C(=O)O. The van der Waals surface area contributed by atoms with Crippen molar-refractivity contribution in [2.75, 3.05) is 6.61 Å². The molecule has 0 aliphatic heterocycles. The minimum atomic E-state index is -0.837. The van der Waals surface area contributed by atoms with E-state index >= 15 is 0 Å². The van der Waals surface area contributed by atoms with Crippen LogP contribution in [0.25, 0.3) is 0 Å². The normalized spacial score (nSPS) is 15.8. The Bertz CT molecular complexity index is 159. The highest BCUT2D eigenvalue weighted by molar-refractivity contribution is 5.72. The maximum Gasteiger partial charge on any atom is 0.320 e. The molecule has 0 aliphatic rings. The van der Waals surface area contributed by atoms with Crippen molar-refractivity contribution < 1.29 is 14.6 Å². The van der Waals surface area contributed by atoms with Crippen LogP contribution in [0.1, 0.15) is 27.7 Å². The fourth-order valence-corrected chi connectivity index (χ4v) is 0.883. The number of ether oxygens (including phenoxy) is 1. The number of nitrogens with one attached hydrogen (secondary N) is 1. The lowest BCUT2D eigenvalue weighted by atomic mass is 10.3. The van der Waals surface area contributed by atoms with E-state index in [-0.39, 0.29) is 12.1 Å². The van der Waals surface area contributed by atoms with Crippen LogP contribution in [0.15, 0.2) is 0 Å². The van der Waals surface area contributed by atoms with Gasteiger partial charge in [0.1, 0.15) is 6.04 Å². The Labute approximate surface area is 79.3 Å². The highest BCUT2D eigenvalue weighted by atomic mass is 16.5. The Balaban J connectivity index is 3.61. The van der Waals surface area contributed by atoms with Gasteiger partial charge in [-0.05, 0) is 27.7 Å². The second kappa shape index (κ2) is 5.94. The molecule has 4 heteroatoms. The smallest absolute Gasteiger partial charge is 0.320 e. The maximum absolute atomic E-state index is 10.5. The van der Waals surface area contributed by atoms with Gasteiger partial charge in [0, 0.05) is 6.04 Å². The second-order valence-electron chi connectivity index (χ2n) is 3.51. The van der Waals surface area contributed by atoms with Crippen molar-refractivity contribution in [1.29, 1.82) is 0 Å².